The van der Waals surface area contributed by atoms with Crippen LogP contribution in [0.15, 0.2) is 53.4 Å². The number of carbonyl (C=O) groups is 1. The minimum atomic E-state index is -3.62. The highest BCUT2D eigenvalue weighted by Crippen LogP contribution is 2.19. The van der Waals surface area contributed by atoms with Gasteiger partial charge in [-0.05, 0) is 53.8 Å². The van der Waals surface area contributed by atoms with E-state index in [1.807, 2.05) is 0 Å². The van der Waals surface area contributed by atoms with Crippen LogP contribution in [0, 0.1) is 11.8 Å². The van der Waals surface area contributed by atoms with Crippen molar-refractivity contribution in [2.45, 2.75) is 45.2 Å². The zero-order valence-corrected chi connectivity index (χ0v) is 19.1. The highest BCUT2D eigenvalue weighted by Gasteiger charge is 2.22. The number of benzene rings is 2. The van der Waals surface area contributed by atoms with E-state index in [-0.39, 0.29) is 23.4 Å². The van der Waals surface area contributed by atoms with Gasteiger partial charge in [0.05, 0.1) is 4.90 Å². The van der Waals surface area contributed by atoms with Gasteiger partial charge in [-0.3, -0.25) is 4.79 Å². The van der Waals surface area contributed by atoms with Gasteiger partial charge in [0, 0.05) is 30.2 Å². The van der Waals surface area contributed by atoms with Gasteiger partial charge in [-0.2, -0.15) is 4.31 Å². The molecule has 0 saturated heterocycles. The summed E-state index contributed by atoms with van der Waals surface area (Å²) in [4.78, 5) is 12.7. The van der Waals surface area contributed by atoms with Crippen LogP contribution in [0.4, 0.5) is 0 Å². The van der Waals surface area contributed by atoms with Crippen LogP contribution in [0.2, 0.25) is 5.02 Å². The van der Waals surface area contributed by atoms with E-state index in [4.69, 9.17) is 11.6 Å². The summed E-state index contributed by atoms with van der Waals surface area (Å²) in [5.41, 5.74) is 1.36. The Kier molecular flexibility index (Phi) is 7.86. The minimum Gasteiger partial charge on any atom is -0.349 e. The maximum absolute atomic E-state index is 12.7. The highest BCUT2D eigenvalue weighted by molar-refractivity contribution is 7.89. The Bertz CT molecular complexity index is 916. The predicted molar refractivity (Wildman–Crippen MR) is 117 cm³/mol. The zero-order chi connectivity index (χ0) is 21.8. The first-order valence-electron chi connectivity index (χ1n) is 9.64. The maximum Gasteiger partial charge on any atom is 0.251 e. The lowest BCUT2D eigenvalue weighted by molar-refractivity contribution is 0.0910. The first-order chi connectivity index (χ1) is 13.5. The van der Waals surface area contributed by atoms with Crippen LogP contribution in [0.25, 0.3) is 0 Å². The number of nitrogens with zero attached hydrogens (tertiary/aromatic N) is 1. The van der Waals surface area contributed by atoms with Crippen molar-refractivity contribution in [3.05, 3.63) is 64.7 Å². The van der Waals surface area contributed by atoms with Gasteiger partial charge in [0.1, 0.15) is 0 Å². The second-order valence-electron chi connectivity index (χ2n) is 7.90. The molecule has 2 aromatic carbocycles. The Morgan fingerprint density at radius 2 is 1.48 bits per heavy atom. The van der Waals surface area contributed by atoms with Gasteiger partial charge in [-0.15, -0.1) is 0 Å². The van der Waals surface area contributed by atoms with E-state index in [1.165, 1.54) is 23.5 Å². The van der Waals surface area contributed by atoms with Gasteiger partial charge in [0.15, 0.2) is 0 Å². The molecule has 5 nitrogen and oxygen atoms in total. The Balaban J connectivity index is 2.08. The lowest BCUT2D eigenvalue weighted by Gasteiger charge is -2.26. The molecule has 0 aliphatic carbocycles. The molecule has 0 aliphatic rings. The van der Waals surface area contributed by atoms with Gasteiger partial charge in [-0.25, -0.2) is 8.42 Å². The Morgan fingerprint density at radius 1 is 0.966 bits per heavy atom. The van der Waals surface area contributed by atoms with Crippen molar-refractivity contribution >= 4 is 27.5 Å². The lowest BCUT2D eigenvalue weighted by Crippen LogP contribution is -2.42. The molecule has 0 aliphatic heterocycles. The summed E-state index contributed by atoms with van der Waals surface area (Å²) in [6, 6.07) is 13.2. The van der Waals surface area contributed by atoms with E-state index in [2.05, 4.69) is 33.0 Å². The molecular weight excluding hydrogens is 408 g/mol. The fourth-order valence-electron chi connectivity index (χ4n) is 3.23. The molecule has 0 aromatic heterocycles. The number of carbonyl (C=O) groups excluding carboxylic acids is 1. The average Bonchev–Trinajstić information content (AvgIpc) is 2.66. The van der Waals surface area contributed by atoms with Crippen LogP contribution in [0.5, 0.6) is 0 Å². The highest BCUT2D eigenvalue weighted by atomic mass is 35.5. The molecule has 7 heteroatoms. The van der Waals surface area contributed by atoms with Crippen LogP contribution < -0.4 is 5.32 Å². The Labute approximate surface area is 179 Å². The average molecular weight is 437 g/mol. The molecule has 0 heterocycles. The van der Waals surface area contributed by atoms with Crippen molar-refractivity contribution in [3.8, 4) is 0 Å². The summed E-state index contributed by atoms with van der Waals surface area (Å²) in [6.45, 7) is 8.56. The van der Waals surface area contributed by atoms with Crippen molar-refractivity contribution in [1.82, 2.24) is 9.62 Å². The molecule has 0 fully saturated rings. The van der Waals surface area contributed by atoms with E-state index in [0.717, 1.165) is 5.56 Å². The van der Waals surface area contributed by atoms with Crippen LogP contribution in [-0.2, 0) is 16.6 Å². The topological polar surface area (TPSA) is 66.5 Å². The van der Waals surface area contributed by atoms with Crippen molar-refractivity contribution in [3.63, 3.8) is 0 Å². The van der Waals surface area contributed by atoms with E-state index in [0.29, 0.717) is 22.4 Å². The summed E-state index contributed by atoms with van der Waals surface area (Å²) in [5, 5.41) is 3.57. The summed E-state index contributed by atoms with van der Waals surface area (Å²) in [5.74, 6) is 0.556. The SMILES string of the molecule is CC(C)C(NC(=O)c1ccc(CN(C)S(=O)(=O)c2ccc(Cl)cc2)cc1)C(C)C. The number of nitrogens with one attached hydrogen (secondary N) is 1. The quantitative estimate of drug-likeness (QED) is 0.659. The van der Waals surface area contributed by atoms with Crippen LogP contribution >= 0.6 is 11.6 Å². The van der Waals surface area contributed by atoms with Crippen LogP contribution in [0.1, 0.15) is 43.6 Å². The van der Waals surface area contributed by atoms with E-state index in [1.54, 1.807) is 36.4 Å². The smallest absolute Gasteiger partial charge is 0.251 e. The van der Waals surface area contributed by atoms with Gasteiger partial charge in [-0.1, -0.05) is 51.4 Å². The third-order valence-corrected chi connectivity index (χ3v) is 6.95. The first-order valence-corrected chi connectivity index (χ1v) is 11.5. The molecule has 2 aromatic rings. The molecule has 158 valence electrons. The first kappa shape index (κ1) is 23.4. The second-order valence-corrected chi connectivity index (χ2v) is 10.4. The summed E-state index contributed by atoms with van der Waals surface area (Å²) < 4.78 is 26.7. The maximum atomic E-state index is 12.7. The van der Waals surface area contributed by atoms with Crippen molar-refractivity contribution in [2.75, 3.05) is 7.05 Å². The monoisotopic (exact) mass is 436 g/mol. The van der Waals surface area contributed by atoms with E-state index >= 15 is 0 Å². The normalized spacial score (nSPS) is 12.2. The summed E-state index contributed by atoms with van der Waals surface area (Å²) >= 11 is 5.84. The minimum absolute atomic E-state index is 0.0952. The lowest BCUT2D eigenvalue weighted by atomic mass is 9.93. The Hall–Kier alpha value is -1.89. The third-order valence-electron chi connectivity index (χ3n) is 4.88. The van der Waals surface area contributed by atoms with Gasteiger partial charge in [0.25, 0.3) is 5.91 Å². The third kappa shape index (κ3) is 6.04. The number of halogens is 1. The van der Waals surface area contributed by atoms with Crippen LogP contribution in [0.3, 0.4) is 0 Å². The molecule has 0 unspecified atom stereocenters. The number of amides is 1. The van der Waals surface area contributed by atoms with Crippen molar-refractivity contribution < 1.29 is 13.2 Å². The van der Waals surface area contributed by atoms with E-state index < -0.39 is 10.0 Å². The molecule has 2 rings (SSSR count). The molecule has 0 spiro atoms. The Morgan fingerprint density at radius 3 is 1.97 bits per heavy atom. The summed E-state index contributed by atoms with van der Waals surface area (Å²) in [7, 11) is -2.09. The van der Waals surface area contributed by atoms with Crippen molar-refractivity contribution in [1.29, 1.82) is 0 Å². The molecule has 0 radical (unpaired) electrons. The molecule has 0 bridgehead atoms. The zero-order valence-electron chi connectivity index (χ0n) is 17.5. The fraction of sp³-hybridized carbons (Fsp3) is 0.409. The molecule has 29 heavy (non-hydrogen) atoms. The van der Waals surface area contributed by atoms with Crippen molar-refractivity contribution in [2.24, 2.45) is 11.8 Å². The molecule has 0 saturated carbocycles. The number of sulfonamides is 1. The second kappa shape index (κ2) is 9.74. The largest absolute Gasteiger partial charge is 0.349 e. The van der Waals surface area contributed by atoms with Gasteiger partial charge in [0.2, 0.25) is 10.0 Å². The van der Waals surface area contributed by atoms with E-state index in [9.17, 15) is 13.2 Å². The van der Waals surface area contributed by atoms with Gasteiger partial charge < -0.3 is 5.32 Å². The number of hydrogen-bond donors (Lipinski definition) is 1. The predicted octanol–water partition coefficient (Wildman–Crippen LogP) is 4.57. The number of rotatable bonds is 8. The van der Waals surface area contributed by atoms with Gasteiger partial charge >= 0.3 is 0 Å². The summed E-state index contributed by atoms with van der Waals surface area (Å²) in [6.07, 6.45) is 0. The molecule has 1 amide bonds. The fourth-order valence-corrected chi connectivity index (χ4v) is 4.51. The molecule has 1 N–H and O–H groups in total. The molecule has 0 atom stereocenters. The van der Waals surface area contributed by atoms with Crippen LogP contribution in [-0.4, -0.2) is 31.7 Å². The number of hydrogen-bond acceptors (Lipinski definition) is 3. The standard InChI is InChI=1S/C22H29ClN2O3S/c1-15(2)21(16(3)4)24-22(26)18-8-6-17(7-9-18)14-25(5)29(27,28)20-12-10-19(23)11-13-20/h6-13,15-16,21H,14H2,1-5H3,(H,24,26). The molecular formula is C22H29ClN2O3S.